The van der Waals surface area contributed by atoms with E-state index in [-0.39, 0.29) is 113 Å². The van der Waals surface area contributed by atoms with Gasteiger partial charge in [0.25, 0.3) is 0 Å². The minimum atomic E-state index is 0. The van der Waals surface area contributed by atoms with Crippen molar-refractivity contribution in [2.75, 3.05) is 0 Å². The fraction of sp³-hybridized carbons (Fsp3) is 0. The van der Waals surface area contributed by atoms with Crippen LogP contribution in [-0.2, 0) is 0 Å². The van der Waals surface area contributed by atoms with Gasteiger partial charge in [0.05, 0.1) is 0 Å². The van der Waals surface area contributed by atoms with Crippen LogP contribution in [0.15, 0.2) is 0 Å². The minimum absolute atomic E-state index is 0. The summed E-state index contributed by atoms with van der Waals surface area (Å²) < 4.78 is 0. The Labute approximate surface area is 110 Å². The Kier molecular flexibility index (Phi) is 103. The zero-order valence-electron chi connectivity index (χ0n) is 7.28. The predicted octanol–water partition coefficient (Wildman–Crippen LogP) is -5.92. The molecule has 0 aromatic rings. The van der Waals surface area contributed by atoms with E-state index in [1.54, 1.807) is 0 Å². The molecule has 0 heterocycles. The molecular weight excluding hydrogens is 193 g/mol. The fourth-order valence-corrected chi connectivity index (χ4v) is 0. The van der Waals surface area contributed by atoms with Crippen molar-refractivity contribution in [2.24, 2.45) is 0 Å². The monoisotopic (exact) mass is 197 g/mol. The van der Waals surface area contributed by atoms with Crippen molar-refractivity contribution in [3.05, 3.63) is 0 Å². The normalized spacial score (nSPS) is 0. The summed E-state index contributed by atoms with van der Waals surface area (Å²) in [6.45, 7) is 0. The average molecular weight is 197 g/mol. The third-order valence-corrected chi connectivity index (χ3v) is 0. The molecule has 0 aliphatic rings. The quantitative estimate of drug-likeness (QED) is 0.339. The topological polar surface area (TPSA) is 0 Å². The summed E-state index contributed by atoms with van der Waals surface area (Å²) in [4.78, 5) is 0. The molecule has 0 rings (SSSR count). The Hall–Kier alpha value is 3.56. The van der Waals surface area contributed by atoms with Gasteiger partial charge in [0.2, 0.25) is 0 Å². The molecule has 0 aromatic heterocycles. The summed E-state index contributed by atoms with van der Waals surface area (Å²) in [6.07, 6.45) is 0. The SMILES string of the molecule is [H-].[H-].[H-].[H-].[La].[Li+].[Mg+2].[Na+]. The molecule has 0 atom stereocenters. The van der Waals surface area contributed by atoms with Crippen LogP contribution in [0.1, 0.15) is 5.71 Å². The van der Waals surface area contributed by atoms with Crippen molar-refractivity contribution in [3.63, 3.8) is 0 Å². The molecule has 11 valence electrons. The minimum Gasteiger partial charge on any atom is -1.00 e. The summed E-state index contributed by atoms with van der Waals surface area (Å²) in [6, 6.07) is 0. The van der Waals surface area contributed by atoms with Crippen LogP contribution in [0.3, 0.4) is 0 Å². The molecule has 0 aliphatic carbocycles. The molecule has 0 bridgehead atoms. The second-order valence-electron chi connectivity index (χ2n) is 0. The van der Waals surface area contributed by atoms with Gasteiger partial charge in [0, 0.05) is 35.6 Å². The van der Waals surface area contributed by atoms with Gasteiger partial charge in [0.1, 0.15) is 0 Å². The molecule has 0 fully saturated rings. The Morgan fingerprint density at radius 2 is 1.25 bits per heavy atom. The molecule has 0 unspecified atom stereocenters. The summed E-state index contributed by atoms with van der Waals surface area (Å²) in [5, 5.41) is 0. The van der Waals surface area contributed by atoms with Gasteiger partial charge in [-0.15, -0.1) is 0 Å². The molecule has 4 heteroatoms. The van der Waals surface area contributed by atoms with Crippen LogP contribution in [0.4, 0.5) is 0 Å². The molecule has 0 nitrogen and oxygen atoms in total. The standard InChI is InChI=1S/La.Li.Mg.Na.4H/q;+1;+2;+1;4*-1. The molecule has 4 heavy (non-hydrogen) atoms. The smallest absolute Gasteiger partial charge is 1.00 e. The van der Waals surface area contributed by atoms with Crippen LogP contribution in [0.25, 0.3) is 0 Å². The number of hydrogen-bond donors (Lipinski definition) is 0. The third kappa shape index (κ3) is 9.12. The van der Waals surface area contributed by atoms with Gasteiger partial charge < -0.3 is 5.71 Å². The maximum Gasteiger partial charge on any atom is 2.00 e. The first-order chi connectivity index (χ1) is 0. The van der Waals surface area contributed by atoms with Gasteiger partial charge in [-0.05, 0) is 0 Å². The van der Waals surface area contributed by atoms with E-state index < -0.39 is 0 Å². The maximum absolute atomic E-state index is 0. The largest absolute Gasteiger partial charge is 2.00 e. The van der Waals surface area contributed by atoms with E-state index in [2.05, 4.69) is 0 Å². The van der Waals surface area contributed by atoms with Crippen LogP contribution >= 0.6 is 0 Å². The predicted molar refractivity (Wildman–Crippen MR) is 10.2 cm³/mol. The van der Waals surface area contributed by atoms with E-state index in [1.807, 2.05) is 0 Å². The number of hydrogen-bond acceptors (Lipinski definition) is 0. The zero-order valence-corrected chi connectivity index (χ0v) is 10.3. The fourth-order valence-electron chi connectivity index (χ4n) is 0. The molecule has 0 spiro atoms. The van der Waals surface area contributed by atoms with Gasteiger partial charge in [-0.3, -0.25) is 0 Å². The van der Waals surface area contributed by atoms with E-state index in [1.165, 1.54) is 0 Å². The van der Waals surface area contributed by atoms with Gasteiger partial charge in [-0.25, -0.2) is 0 Å². The van der Waals surface area contributed by atoms with Crippen LogP contribution in [-0.4, -0.2) is 23.1 Å². The van der Waals surface area contributed by atoms with Crippen molar-refractivity contribution in [1.29, 1.82) is 0 Å². The summed E-state index contributed by atoms with van der Waals surface area (Å²) in [7, 11) is 0. The Balaban J connectivity index is 0. The average Bonchev–Trinajstić information content (AvgIpc) is 0. The third-order valence-electron chi connectivity index (χ3n) is 0. The number of rotatable bonds is 0. The molecular formula is H4LaLiMgNa. The van der Waals surface area contributed by atoms with Crippen molar-refractivity contribution < 1.29 is 89.7 Å². The van der Waals surface area contributed by atoms with Crippen LogP contribution in [0.2, 0.25) is 0 Å². The summed E-state index contributed by atoms with van der Waals surface area (Å²) >= 11 is 0. The van der Waals surface area contributed by atoms with Gasteiger partial charge >= 0.3 is 71.5 Å². The van der Waals surface area contributed by atoms with E-state index in [0.29, 0.717) is 0 Å². The van der Waals surface area contributed by atoms with Crippen molar-refractivity contribution in [2.45, 2.75) is 0 Å². The first-order valence-electron chi connectivity index (χ1n) is 0. The first kappa shape index (κ1) is 25.7. The van der Waals surface area contributed by atoms with E-state index in [0.717, 1.165) is 0 Å². The summed E-state index contributed by atoms with van der Waals surface area (Å²) in [5.41, 5.74) is 0. The van der Waals surface area contributed by atoms with Gasteiger partial charge in [-0.1, -0.05) is 0 Å². The van der Waals surface area contributed by atoms with Gasteiger partial charge in [-0.2, -0.15) is 0 Å². The van der Waals surface area contributed by atoms with Crippen LogP contribution in [0.5, 0.6) is 0 Å². The second-order valence-corrected chi connectivity index (χ2v) is 0. The molecule has 0 aromatic carbocycles. The van der Waals surface area contributed by atoms with Crippen molar-refractivity contribution in [3.8, 4) is 0 Å². The molecule has 1 radical (unpaired) electrons. The van der Waals surface area contributed by atoms with Crippen LogP contribution < -0.4 is 48.4 Å². The maximum atomic E-state index is 0. The zero-order chi connectivity index (χ0) is 0. The Morgan fingerprint density at radius 1 is 1.25 bits per heavy atom. The van der Waals surface area contributed by atoms with Crippen molar-refractivity contribution in [1.82, 2.24) is 0 Å². The second kappa shape index (κ2) is 16.0. The van der Waals surface area contributed by atoms with Crippen molar-refractivity contribution >= 4 is 23.1 Å². The molecule has 0 saturated carbocycles. The van der Waals surface area contributed by atoms with E-state index in [9.17, 15) is 0 Å². The summed E-state index contributed by atoms with van der Waals surface area (Å²) in [5.74, 6) is 0. The van der Waals surface area contributed by atoms with Gasteiger partial charge in [0.15, 0.2) is 0 Å². The molecule has 0 aliphatic heterocycles. The van der Waals surface area contributed by atoms with E-state index in [4.69, 9.17) is 0 Å². The Bertz CT molecular complexity index is 16.0. The first-order valence-corrected chi connectivity index (χ1v) is 0. The molecule has 0 saturated heterocycles. The van der Waals surface area contributed by atoms with Crippen LogP contribution in [0, 0.1) is 35.6 Å². The molecule has 0 N–H and O–H groups in total. The van der Waals surface area contributed by atoms with E-state index >= 15 is 0 Å². The Morgan fingerprint density at radius 3 is 1.25 bits per heavy atom. The molecule has 0 amide bonds.